The smallest absolute Gasteiger partial charge is 0.233 e. The second kappa shape index (κ2) is 42.0. The predicted octanol–water partition coefficient (Wildman–Crippen LogP) is 17.8. The van der Waals surface area contributed by atoms with Crippen LogP contribution in [0.1, 0.15) is 132 Å². The maximum Gasteiger partial charge on any atom is 0.233 e. The number of aliphatic hydroxyl groups is 2. The summed E-state index contributed by atoms with van der Waals surface area (Å²) in [6, 6.07) is 25.4. The number of β-lactam (4-membered cyclic amide) rings is 4. The standard InChI is InChI=1S/C20H21N2O3PS2.C20H23N2OPS2.C13H20NO2P.C11H18NOP.C7H5NS2.C4H8O.3C2H6/c1-10-12(17(19(24)25)22-16(10)15(11(2)26)18(22)23)6-5-9-27-20-21-13-7-3-4-8-14(13)28-20;1-11-14(12(2)22-18(11)17(13(3)24)19(22)23)7-6-10-25-20-21-15-8-4-5-9-16(15)26-20;1-7-10(5-4-6-15)8(2)14-12(7)11(9(3)17)13(14)16;1-5-6(2)10-9(8(4)14)11(13)12(10)7(5)3;9-7-8-5-3-1-2-4-6(5)10-7;1-2-3-4-5;3*1-2/h3-8,10-11,15-16H,9,26H2,1-2H3,(H,24,25);4-9,11,13,17-18H,10,24H2,1-3H3;4-5,7,9,11-12,15H,6,17H2,1-3H3;6,8-10H,14H2,1-4H3;1-4H,(H,8,9);2-3,5H,4H2,1H3;3*1-2H3/p-1/b6-5+;7-6+;5-4+;;;3-2+;;;/t10-,11?,15?,16?;11-,13+,17+,18+;7-,9+,11+,12+;6-,8+,9+,10+;;;;;/m0000...../s1. The molecule has 11 heterocycles. The van der Waals surface area contributed by atoms with E-state index >= 15 is 0 Å². The van der Waals surface area contributed by atoms with Gasteiger partial charge in [-0.25, -0.2) is 9.97 Å². The van der Waals surface area contributed by atoms with Crippen molar-refractivity contribution < 1.29 is 39.3 Å². The third kappa shape index (κ3) is 19.7. The number of hydrogen-bond acceptors (Lipinski definition) is 16. The molecule has 20 atom stereocenters. The Balaban J connectivity index is 0.000000207. The van der Waals surface area contributed by atoms with E-state index in [1.54, 1.807) is 75.8 Å². The summed E-state index contributed by atoms with van der Waals surface area (Å²) < 4.78 is 6.56. The largest absolute Gasteiger partial charge is 0.543 e. The molecule has 25 heteroatoms. The maximum atomic E-state index is 12.4. The van der Waals surface area contributed by atoms with Crippen molar-refractivity contribution in [1.29, 1.82) is 0 Å². The number of fused-ring (bicyclic) bond motifs is 7. The normalized spacial score (nSPS) is 25.5. The summed E-state index contributed by atoms with van der Waals surface area (Å²) in [5.41, 5.74) is 12.3. The molecule has 7 unspecified atom stereocenters. The highest BCUT2D eigenvalue weighted by Gasteiger charge is 2.59. The Kier molecular flexibility index (Phi) is 35.7. The molecule has 0 bridgehead atoms. The Morgan fingerprint density at radius 2 is 0.877 bits per heavy atom. The van der Waals surface area contributed by atoms with Gasteiger partial charge < -0.3 is 44.7 Å². The number of aromatic nitrogens is 3. The first kappa shape index (κ1) is 90.0. The van der Waals surface area contributed by atoms with Gasteiger partial charge in [0.1, 0.15) is 0 Å². The molecule has 4 amide bonds. The van der Waals surface area contributed by atoms with E-state index in [9.17, 15) is 29.1 Å². The second-order valence-electron chi connectivity index (χ2n) is 26.6. The molecule has 8 aliphatic rings. The Bertz CT molecular complexity index is 4250. The Hall–Kier alpha value is -4.84. The third-order valence-corrected chi connectivity index (χ3v) is 27.4. The number of allylic oxidation sites excluding steroid dienone is 7. The number of aromatic amines is 1. The molecular formula is C81H112N7O8P4S6-. The van der Waals surface area contributed by atoms with Gasteiger partial charge in [0.2, 0.25) is 23.6 Å². The zero-order valence-electron chi connectivity index (χ0n) is 64.9. The lowest BCUT2D eigenvalue weighted by Crippen LogP contribution is -2.63. The van der Waals surface area contributed by atoms with Crippen LogP contribution in [0.25, 0.3) is 30.6 Å². The summed E-state index contributed by atoms with van der Waals surface area (Å²) in [4.78, 5) is 80.2. The van der Waals surface area contributed by atoms with Crippen LogP contribution in [-0.4, -0.2) is 146 Å². The first-order valence-electron chi connectivity index (χ1n) is 36.9. The molecule has 0 saturated carbocycles. The summed E-state index contributed by atoms with van der Waals surface area (Å²) in [5, 5.41) is 28.5. The van der Waals surface area contributed by atoms with E-state index in [1.165, 1.54) is 36.7 Å². The van der Waals surface area contributed by atoms with Gasteiger partial charge in [0, 0.05) is 52.3 Å². The second-order valence-corrected chi connectivity index (χ2v) is 37.1. The minimum atomic E-state index is -1.28. The average molecular weight is 1630 g/mol. The van der Waals surface area contributed by atoms with Gasteiger partial charge in [0.05, 0.1) is 103 Å². The number of para-hydroxylation sites is 3. The highest BCUT2D eigenvalue weighted by atomic mass is 32.2. The number of carbonyl (C=O) groups excluding carboxylic acids is 5. The summed E-state index contributed by atoms with van der Waals surface area (Å²) in [5.74, 6) is 2.65. The Labute approximate surface area is 665 Å². The van der Waals surface area contributed by atoms with Gasteiger partial charge in [-0.3, -0.25) is 19.2 Å². The van der Waals surface area contributed by atoms with Crippen LogP contribution in [0.5, 0.6) is 0 Å². The van der Waals surface area contributed by atoms with E-state index in [-0.39, 0.29) is 77.9 Å². The first-order valence-corrected chi connectivity index (χ1v) is 44.4. The van der Waals surface area contributed by atoms with Crippen LogP contribution in [0.3, 0.4) is 0 Å². The van der Waals surface area contributed by atoms with E-state index in [0.717, 1.165) is 51.0 Å². The number of hydrogen-bond donors (Lipinski definition) is 3. The number of amides is 4. The molecule has 4 fully saturated rings. The number of aliphatic hydroxyl groups excluding tert-OH is 2. The number of thioether (sulfide) groups is 2. The van der Waals surface area contributed by atoms with E-state index in [0.29, 0.717) is 70.1 Å². The average Bonchev–Trinajstić information content (AvgIpc) is 1.58. The third-order valence-electron chi connectivity index (χ3n) is 20.2. The van der Waals surface area contributed by atoms with Crippen molar-refractivity contribution in [2.75, 3.05) is 24.7 Å². The topological polar surface area (TPSA) is 203 Å². The molecule has 106 heavy (non-hydrogen) atoms. The van der Waals surface area contributed by atoms with E-state index in [2.05, 4.69) is 157 Å². The van der Waals surface area contributed by atoms with Gasteiger partial charge >= 0.3 is 0 Å². The van der Waals surface area contributed by atoms with Gasteiger partial charge in [0.25, 0.3) is 0 Å². The summed E-state index contributed by atoms with van der Waals surface area (Å²) >= 11 is 13.4. The lowest BCUT2D eigenvalue weighted by Gasteiger charge is -2.47. The van der Waals surface area contributed by atoms with Crippen molar-refractivity contribution in [3.63, 3.8) is 0 Å². The highest BCUT2D eigenvalue weighted by Crippen LogP contribution is 2.52. The predicted molar refractivity (Wildman–Crippen MR) is 464 cm³/mol. The van der Waals surface area contributed by atoms with Crippen LogP contribution in [0.4, 0.5) is 0 Å². The molecule has 4 saturated heterocycles. The number of carbonyl (C=O) groups is 5. The number of benzene rings is 3. The van der Waals surface area contributed by atoms with Crippen LogP contribution in [-0.2, 0) is 24.0 Å². The minimum absolute atomic E-state index is 0.0256. The number of H-pyrrole nitrogens is 1. The maximum absolute atomic E-state index is 12.4. The number of thiazole rings is 3. The SMILES string of the molecule is C/C=C/CO.CC.CC.CC.CC(P)C1C(=O)N2C(C(=O)[O-])=C(/C=C/CSc3nc4ccccc4s3)[C@H](C)C12.CC1=C(/C=C/CO)[C@H](C)[C@@H]2[C@@H]([C@@H](C)P)C(=O)N12.CC1=C(/C=C/CSc2nc3ccccc3s2)[C@H](C)[C@@H]2[C@@H]([C@@H](C)P)C(=O)N12.CC1=C(C)N2C(=O)[C@H]([C@@H](C)P)[C@H]2[C@H]1C.S=c1[nH]c2ccccc2s1. The van der Waals surface area contributed by atoms with Crippen LogP contribution in [0.15, 0.2) is 175 Å². The van der Waals surface area contributed by atoms with Crippen molar-refractivity contribution in [2.24, 2.45) is 47.3 Å². The van der Waals surface area contributed by atoms with E-state index < -0.39 is 5.97 Å². The number of carboxylic acids is 1. The number of nitrogens with zero attached hydrogens (tertiary/aromatic N) is 6. The number of rotatable bonds is 16. The lowest BCUT2D eigenvalue weighted by atomic mass is 9.79. The Morgan fingerprint density at radius 3 is 1.25 bits per heavy atom. The van der Waals surface area contributed by atoms with Crippen LogP contribution < -0.4 is 5.11 Å². The van der Waals surface area contributed by atoms with Crippen LogP contribution in [0.2, 0.25) is 0 Å². The van der Waals surface area contributed by atoms with Crippen LogP contribution in [0, 0.1) is 51.3 Å². The highest BCUT2D eigenvalue weighted by molar-refractivity contribution is 8.01. The van der Waals surface area contributed by atoms with Gasteiger partial charge in [-0.2, -0.15) is 0 Å². The molecule has 14 rings (SSSR count). The first-order chi connectivity index (χ1) is 50.6. The summed E-state index contributed by atoms with van der Waals surface area (Å²) in [7, 11) is 11.0. The zero-order chi connectivity index (χ0) is 78.9. The molecule has 0 radical (unpaired) electrons. The summed E-state index contributed by atoms with van der Waals surface area (Å²) in [6.45, 7) is 39.3. The van der Waals surface area contributed by atoms with E-state index in [4.69, 9.17) is 22.4 Å². The molecule has 3 aromatic carbocycles. The summed E-state index contributed by atoms with van der Waals surface area (Å²) in [6.07, 6.45) is 15.4. The molecule has 0 aliphatic carbocycles. The van der Waals surface area contributed by atoms with E-state index in [1.807, 2.05) is 145 Å². The monoisotopic (exact) mass is 1630 g/mol. The molecule has 6 aromatic rings. The Morgan fingerprint density at radius 1 is 0.528 bits per heavy atom. The van der Waals surface area contributed by atoms with Crippen molar-refractivity contribution in [1.82, 2.24) is 34.6 Å². The quantitative estimate of drug-likeness (QED) is 0.0272. The number of aliphatic carboxylic acids is 1. The van der Waals surface area contributed by atoms with Crippen molar-refractivity contribution in [2.45, 2.75) is 187 Å². The van der Waals surface area contributed by atoms with Crippen LogP contribution >= 0.6 is 107 Å². The fourth-order valence-electron chi connectivity index (χ4n) is 15.0. The zero-order valence-corrected chi connectivity index (χ0v) is 74.4. The van der Waals surface area contributed by atoms with Gasteiger partial charge in [-0.15, -0.1) is 71.0 Å². The molecule has 8 aliphatic heterocycles. The molecule has 3 aromatic heterocycles. The van der Waals surface area contributed by atoms with Gasteiger partial charge in [-0.05, 0) is 128 Å². The molecule has 576 valence electrons. The molecule has 0 spiro atoms. The van der Waals surface area contributed by atoms with Gasteiger partial charge in [-0.1, -0.05) is 205 Å². The minimum Gasteiger partial charge on any atom is -0.543 e. The molecule has 3 N–H and O–H groups in total. The lowest BCUT2D eigenvalue weighted by molar-refractivity contribution is -0.301. The fraction of sp³-hybridized carbons (Fsp3) is 0.481. The van der Waals surface area contributed by atoms with Gasteiger partial charge in [0.15, 0.2) is 12.6 Å². The fourth-order valence-corrected chi connectivity index (χ4v) is 21.5. The van der Waals surface area contributed by atoms with Crippen molar-refractivity contribution in [3.8, 4) is 0 Å². The molecular weight excluding hydrogens is 1520 g/mol. The van der Waals surface area contributed by atoms with Crippen molar-refractivity contribution in [3.05, 3.63) is 170 Å². The van der Waals surface area contributed by atoms with Crippen molar-refractivity contribution >= 4 is 167 Å². The number of carboxylic acid groups (broad SMARTS) is 1. The number of nitrogens with one attached hydrogen (secondary N) is 1. The molecule has 15 nitrogen and oxygen atoms in total.